The molecule has 7 heteroatoms. The van der Waals surface area contributed by atoms with Gasteiger partial charge in [0.2, 0.25) is 0 Å². The fourth-order valence-electron chi connectivity index (χ4n) is 2.97. The fourth-order valence-corrected chi connectivity index (χ4v) is 4.14. The molecule has 1 aliphatic rings. The Balaban J connectivity index is 1.75. The Labute approximate surface area is 160 Å². The van der Waals surface area contributed by atoms with Gasteiger partial charge in [0.25, 0.3) is 15.9 Å². The number of aryl methyl sites for hydroxylation is 2. The Kier molecular flexibility index (Phi) is 5.82. The molecule has 2 aromatic rings. The van der Waals surface area contributed by atoms with Crippen LogP contribution in [0.15, 0.2) is 47.4 Å². The third kappa shape index (κ3) is 4.87. The van der Waals surface area contributed by atoms with E-state index >= 15 is 0 Å². The molecule has 1 amide bonds. The molecule has 1 heterocycles. The smallest absolute Gasteiger partial charge is 0.261 e. The van der Waals surface area contributed by atoms with Crippen LogP contribution in [0, 0.1) is 13.8 Å². The van der Waals surface area contributed by atoms with E-state index < -0.39 is 10.0 Å². The van der Waals surface area contributed by atoms with Gasteiger partial charge in [-0.25, -0.2) is 8.42 Å². The lowest BCUT2D eigenvalue weighted by atomic mass is 10.1. The molecule has 1 saturated heterocycles. The van der Waals surface area contributed by atoms with Crippen molar-refractivity contribution in [2.75, 3.05) is 17.9 Å². The second-order valence-electron chi connectivity index (χ2n) is 6.80. The van der Waals surface area contributed by atoms with Gasteiger partial charge in [0, 0.05) is 18.7 Å². The fraction of sp³-hybridized carbons (Fsp3) is 0.350. The molecule has 1 aliphatic heterocycles. The number of carbonyl (C=O) groups is 1. The highest BCUT2D eigenvalue weighted by atomic mass is 32.2. The van der Waals surface area contributed by atoms with E-state index in [1.807, 2.05) is 26.0 Å². The molecule has 2 aromatic carbocycles. The Morgan fingerprint density at radius 1 is 1.19 bits per heavy atom. The first kappa shape index (κ1) is 19.4. The summed E-state index contributed by atoms with van der Waals surface area (Å²) in [7, 11) is -3.79. The molecule has 0 aromatic heterocycles. The number of sulfonamides is 1. The Morgan fingerprint density at radius 2 is 2.00 bits per heavy atom. The lowest BCUT2D eigenvalue weighted by Crippen LogP contribution is -2.31. The van der Waals surface area contributed by atoms with E-state index in [0.29, 0.717) is 17.8 Å². The quantitative estimate of drug-likeness (QED) is 0.797. The molecule has 1 unspecified atom stereocenters. The first-order chi connectivity index (χ1) is 12.8. The second kappa shape index (κ2) is 8.10. The van der Waals surface area contributed by atoms with Crippen molar-refractivity contribution in [3.05, 3.63) is 59.2 Å². The number of nitrogens with one attached hydrogen (secondary N) is 2. The number of hydrogen-bond acceptors (Lipinski definition) is 4. The molecular weight excluding hydrogens is 364 g/mol. The van der Waals surface area contributed by atoms with Crippen molar-refractivity contribution < 1.29 is 17.9 Å². The minimum absolute atomic E-state index is 0.0341. The average molecular weight is 388 g/mol. The molecule has 6 nitrogen and oxygen atoms in total. The maximum atomic E-state index is 12.7. The largest absolute Gasteiger partial charge is 0.376 e. The Hall–Kier alpha value is -2.38. The van der Waals surface area contributed by atoms with Crippen LogP contribution in [0.2, 0.25) is 0 Å². The van der Waals surface area contributed by atoms with Crippen molar-refractivity contribution >= 4 is 21.6 Å². The van der Waals surface area contributed by atoms with Gasteiger partial charge in [-0.15, -0.1) is 0 Å². The Bertz CT molecular complexity index is 935. The first-order valence-corrected chi connectivity index (χ1v) is 10.4. The van der Waals surface area contributed by atoms with Crippen LogP contribution in [-0.2, 0) is 14.8 Å². The number of amides is 1. The highest BCUT2D eigenvalue weighted by Crippen LogP contribution is 2.21. The molecule has 144 valence electrons. The molecule has 27 heavy (non-hydrogen) atoms. The molecule has 0 aliphatic carbocycles. The first-order valence-electron chi connectivity index (χ1n) is 8.95. The summed E-state index contributed by atoms with van der Waals surface area (Å²) in [5.41, 5.74) is 2.62. The van der Waals surface area contributed by atoms with Crippen LogP contribution in [0.4, 0.5) is 5.69 Å². The third-order valence-electron chi connectivity index (χ3n) is 4.56. The van der Waals surface area contributed by atoms with E-state index in [4.69, 9.17) is 4.74 Å². The topological polar surface area (TPSA) is 84.5 Å². The zero-order valence-electron chi connectivity index (χ0n) is 15.5. The highest BCUT2D eigenvalue weighted by Gasteiger charge is 2.19. The summed E-state index contributed by atoms with van der Waals surface area (Å²) in [6.45, 7) is 4.89. The summed E-state index contributed by atoms with van der Waals surface area (Å²) < 4.78 is 33.6. The number of anilines is 1. The third-order valence-corrected chi connectivity index (χ3v) is 5.92. The standard InChI is InChI=1S/C20H24N2O4S/c1-14-8-9-15(2)19(11-14)22-27(24,25)18-7-3-5-16(12-18)20(23)21-13-17-6-4-10-26-17/h3,5,7-9,11-12,17,22H,4,6,10,13H2,1-2H3,(H,21,23). The van der Waals surface area contributed by atoms with Gasteiger partial charge in [-0.05, 0) is 62.1 Å². The summed E-state index contributed by atoms with van der Waals surface area (Å²) in [5.74, 6) is -0.311. The van der Waals surface area contributed by atoms with Gasteiger partial charge in [-0.2, -0.15) is 0 Å². The monoisotopic (exact) mass is 388 g/mol. The molecule has 1 fully saturated rings. The van der Waals surface area contributed by atoms with Crippen LogP contribution in [0.5, 0.6) is 0 Å². The minimum Gasteiger partial charge on any atom is -0.376 e. The summed E-state index contributed by atoms with van der Waals surface area (Å²) in [4.78, 5) is 12.4. The molecule has 0 radical (unpaired) electrons. The second-order valence-corrected chi connectivity index (χ2v) is 8.48. The summed E-state index contributed by atoms with van der Waals surface area (Å²) >= 11 is 0. The normalized spacial score (nSPS) is 16.9. The van der Waals surface area contributed by atoms with Crippen LogP contribution < -0.4 is 10.0 Å². The highest BCUT2D eigenvalue weighted by molar-refractivity contribution is 7.92. The van der Waals surface area contributed by atoms with Gasteiger partial charge in [-0.1, -0.05) is 18.2 Å². The number of hydrogen-bond donors (Lipinski definition) is 2. The van der Waals surface area contributed by atoms with Crippen molar-refractivity contribution in [1.29, 1.82) is 0 Å². The zero-order chi connectivity index (χ0) is 19.4. The maximum Gasteiger partial charge on any atom is 0.261 e. The lowest BCUT2D eigenvalue weighted by molar-refractivity contribution is 0.0857. The average Bonchev–Trinajstić information content (AvgIpc) is 3.16. The number of ether oxygens (including phenoxy) is 1. The zero-order valence-corrected chi connectivity index (χ0v) is 16.3. The lowest BCUT2D eigenvalue weighted by Gasteiger charge is -2.13. The molecule has 0 saturated carbocycles. The number of rotatable bonds is 6. The van der Waals surface area contributed by atoms with E-state index in [0.717, 1.165) is 30.6 Å². The van der Waals surface area contributed by atoms with Crippen molar-refractivity contribution in [2.45, 2.75) is 37.7 Å². The van der Waals surface area contributed by atoms with Crippen molar-refractivity contribution in [2.24, 2.45) is 0 Å². The van der Waals surface area contributed by atoms with Crippen LogP contribution in [0.1, 0.15) is 34.3 Å². The minimum atomic E-state index is -3.79. The summed E-state index contributed by atoms with van der Waals surface area (Å²) in [6.07, 6.45) is 1.96. The van der Waals surface area contributed by atoms with Crippen LogP contribution >= 0.6 is 0 Å². The molecule has 2 N–H and O–H groups in total. The maximum absolute atomic E-state index is 12.7. The van der Waals surface area contributed by atoms with Crippen LogP contribution in [-0.4, -0.2) is 33.6 Å². The van der Waals surface area contributed by atoms with Crippen molar-refractivity contribution in [3.8, 4) is 0 Å². The molecule has 0 bridgehead atoms. The number of carbonyl (C=O) groups excluding carboxylic acids is 1. The van der Waals surface area contributed by atoms with Gasteiger partial charge < -0.3 is 10.1 Å². The van der Waals surface area contributed by atoms with E-state index in [1.165, 1.54) is 12.1 Å². The molecule has 1 atom stereocenters. The summed E-state index contributed by atoms with van der Waals surface area (Å²) in [6, 6.07) is 11.6. The Morgan fingerprint density at radius 3 is 2.74 bits per heavy atom. The summed E-state index contributed by atoms with van der Waals surface area (Å²) in [5, 5.41) is 2.81. The molecular formula is C20H24N2O4S. The predicted molar refractivity (Wildman–Crippen MR) is 104 cm³/mol. The van der Waals surface area contributed by atoms with Gasteiger partial charge in [0.1, 0.15) is 0 Å². The SMILES string of the molecule is Cc1ccc(C)c(NS(=O)(=O)c2cccc(C(=O)NCC3CCCO3)c2)c1. The van der Waals surface area contributed by atoms with Crippen LogP contribution in [0.3, 0.4) is 0 Å². The molecule has 3 rings (SSSR count). The van der Waals surface area contributed by atoms with Gasteiger partial charge >= 0.3 is 0 Å². The van der Waals surface area contributed by atoms with Crippen molar-refractivity contribution in [1.82, 2.24) is 5.32 Å². The predicted octanol–water partition coefficient (Wildman–Crippen LogP) is 3.01. The van der Waals surface area contributed by atoms with E-state index in [9.17, 15) is 13.2 Å². The van der Waals surface area contributed by atoms with Crippen LogP contribution in [0.25, 0.3) is 0 Å². The van der Waals surface area contributed by atoms with E-state index in [2.05, 4.69) is 10.0 Å². The van der Waals surface area contributed by atoms with Crippen molar-refractivity contribution in [3.63, 3.8) is 0 Å². The van der Waals surface area contributed by atoms with Gasteiger partial charge in [0.05, 0.1) is 16.7 Å². The van der Waals surface area contributed by atoms with Gasteiger partial charge in [0.15, 0.2) is 0 Å². The molecule has 0 spiro atoms. The van der Waals surface area contributed by atoms with E-state index in [-0.39, 0.29) is 16.9 Å². The van der Waals surface area contributed by atoms with E-state index in [1.54, 1.807) is 18.2 Å². The van der Waals surface area contributed by atoms with Gasteiger partial charge in [-0.3, -0.25) is 9.52 Å². The number of benzene rings is 2.